The second-order valence-corrected chi connectivity index (χ2v) is 8.77. The van der Waals surface area contributed by atoms with Crippen molar-refractivity contribution in [1.82, 2.24) is 15.0 Å². The van der Waals surface area contributed by atoms with Crippen LogP contribution >= 0.6 is 11.6 Å². The number of halogens is 1. The van der Waals surface area contributed by atoms with Crippen molar-refractivity contribution in [1.29, 1.82) is 0 Å². The number of carbonyl (C=O) groups is 1. The van der Waals surface area contributed by atoms with Crippen LogP contribution in [-0.2, 0) is 21.6 Å². The van der Waals surface area contributed by atoms with Crippen LogP contribution < -0.4 is 10.2 Å². The fourth-order valence-electron chi connectivity index (χ4n) is 3.25. The Morgan fingerprint density at radius 3 is 2.59 bits per heavy atom. The van der Waals surface area contributed by atoms with Gasteiger partial charge in [-0.25, -0.2) is 15.0 Å². The van der Waals surface area contributed by atoms with Gasteiger partial charge >= 0.3 is 0 Å². The molecule has 0 saturated carbocycles. The maximum Gasteiger partial charge on any atom is 0.228 e. The molecule has 0 unspecified atom stereocenters. The van der Waals surface area contributed by atoms with Gasteiger partial charge in [-0.15, -0.1) is 0 Å². The Balaban J connectivity index is 1.66. The summed E-state index contributed by atoms with van der Waals surface area (Å²) in [6, 6.07) is 5.41. The maximum absolute atomic E-state index is 12.6. The van der Waals surface area contributed by atoms with Gasteiger partial charge in [0.25, 0.3) is 0 Å². The van der Waals surface area contributed by atoms with Crippen molar-refractivity contribution in [3.8, 4) is 0 Å². The van der Waals surface area contributed by atoms with Gasteiger partial charge in [0.2, 0.25) is 5.91 Å². The lowest BCUT2D eigenvalue weighted by Crippen LogP contribution is -2.39. The minimum Gasteiger partial charge on any atom is -0.378 e. The van der Waals surface area contributed by atoms with E-state index >= 15 is 0 Å². The van der Waals surface area contributed by atoms with Gasteiger partial charge in [-0.3, -0.25) is 4.79 Å². The van der Waals surface area contributed by atoms with E-state index in [0.29, 0.717) is 17.4 Å². The topological polar surface area (TPSA) is 80.2 Å². The molecule has 3 heterocycles. The maximum atomic E-state index is 12.6. The average molecular weight is 418 g/mol. The smallest absolute Gasteiger partial charge is 0.228 e. The number of rotatable bonds is 5. The highest BCUT2D eigenvalue weighted by Crippen LogP contribution is 2.26. The molecule has 0 atom stereocenters. The summed E-state index contributed by atoms with van der Waals surface area (Å²) in [5.74, 6) is 2.17. The molecular formula is C21H28ClN5O2. The Morgan fingerprint density at radius 2 is 2.00 bits per heavy atom. The normalized spacial score (nSPS) is 15.4. The van der Waals surface area contributed by atoms with Crippen LogP contribution in [0, 0.1) is 5.92 Å². The minimum absolute atomic E-state index is 0.00221. The third kappa shape index (κ3) is 5.64. The number of pyridine rings is 1. The average Bonchev–Trinajstić information content (AvgIpc) is 2.69. The predicted molar refractivity (Wildman–Crippen MR) is 114 cm³/mol. The van der Waals surface area contributed by atoms with Crippen molar-refractivity contribution in [3.63, 3.8) is 0 Å². The highest BCUT2D eigenvalue weighted by molar-refractivity contribution is 6.30. The van der Waals surface area contributed by atoms with Gasteiger partial charge < -0.3 is 15.0 Å². The van der Waals surface area contributed by atoms with Crippen molar-refractivity contribution < 1.29 is 9.53 Å². The highest BCUT2D eigenvalue weighted by Gasteiger charge is 2.27. The van der Waals surface area contributed by atoms with E-state index in [4.69, 9.17) is 21.3 Å². The number of piperidine rings is 1. The Labute approximate surface area is 176 Å². The lowest BCUT2D eigenvalue weighted by molar-refractivity contribution is -0.120. The van der Waals surface area contributed by atoms with E-state index in [0.717, 1.165) is 43.3 Å². The molecule has 0 spiro atoms. The van der Waals surface area contributed by atoms with Crippen LogP contribution in [0.15, 0.2) is 24.4 Å². The van der Waals surface area contributed by atoms with Crippen LogP contribution in [0.1, 0.15) is 45.1 Å². The SMILES string of the molecule is COCc1cc(N2CCC(C(=O)Nc3ccc(Cl)cn3)CC2)nc(C(C)(C)C)n1. The fraction of sp³-hybridized carbons (Fsp3) is 0.524. The number of methoxy groups -OCH3 is 1. The first kappa shape index (κ1) is 21.5. The molecule has 8 heteroatoms. The van der Waals surface area contributed by atoms with Crippen LogP contribution in [0.2, 0.25) is 5.02 Å². The molecule has 2 aromatic heterocycles. The molecule has 1 fully saturated rings. The molecule has 0 aliphatic carbocycles. The lowest BCUT2D eigenvalue weighted by Gasteiger charge is -2.33. The first-order valence-electron chi connectivity index (χ1n) is 9.81. The summed E-state index contributed by atoms with van der Waals surface area (Å²) >= 11 is 5.84. The first-order chi connectivity index (χ1) is 13.8. The van der Waals surface area contributed by atoms with Gasteiger partial charge in [-0.2, -0.15) is 0 Å². The minimum atomic E-state index is -0.151. The highest BCUT2D eigenvalue weighted by atomic mass is 35.5. The van der Waals surface area contributed by atoms with E-state index in [1.54, 1.807) is 19.2 Å². The molecule has 156 valence electrons. The number of anilines is 2. The number of ether oxygens (including phenoxy) is 1. The molecule has 0 radical (unpaired) electrons. The van der Waals surface area contributed by atoms with Gasteiger partial charge in [0.05, 0.1) is 17.3 Å². The standard InChI is InChI=1S/C21H28ClN5O2/c1-21(2,3)20-24-16(13-29-4)11-18(26-20)27-9-7-14(8-10-27)19(28)25-17-6-5-15(22)12-23-17/h5-6,11-12,14H,7-10,13H2,1-4H3,(H,23,25,28). The molecule has 0 aromatic carbocycles. The number of carbonyl (C=O) groups excluding carboxylic acids is 1. The molecule has 1 aliphatic heterocycles. The van der Waals surface area contributed by atoms with Crippen molar-refractivity contribution in [2.75, 3.05) is 30.4 Å². The van der Waals surface area contributed by atoms with E-state index in [-0.39, 0.29) is 17.2 Å². The molecule has 1 aliphatic rings. The summed E-state index contributed by atoms with van der Waals surface area (Å²) < 4.78 is 5.27. The molecule has 1 saturated heterocycles. The number of hydrogen-bond acceptors (Lipinski definition) is 6. The first-order valence-corrected chi connectivity index (χ1v) is 10.2. The van der Waals surface area contributed by atoms with Crippen molar-refractivity contribution in [3.05, 3.63) is 40.9 Å². The van der Waals surface area contributed by atoms with E-state index in [1.807, 2.05) is 6.07 Å². The Hall–Kier alpha value is -2.25. The van der Waals surface area contributed by atoms with Crippen LogP contribution in [0.25, 0.3) is 0 Å². The summed E-state index contributed by atoms with van der Waals surface area (Å²) in [5.41, 5.74) is 0.721. The van der Waals surface area contributed by atoms with E-state index in [9.17, 15) is 4.79 Å². The molecule has 7 nitrogen and oxygen atoms in total. The van der Waals surface area contributed by atoms with Crippen LogP contribution in [0.3, 0.4) is 0 Å². The zero-order valence-corrected chi connectivity index (χ0v) is 18.2. The molecule has 3 rings (SSSR count). The summed E-state index contributed by atoms with van der Waals surface area (Å²) in [6.07, 6.45) is 3.04. The fourth-order valence-corrected chi connectivity index (χ4v) is 3.36. The van der Waals surface area contributed by atoms with Crippen LogP contribution in [0.5, 0.6) is 0 Å². The lowest BCUT2D eigenvalue weighted by atomic mass is 9.95. The van der Waals surface area contributed by atoms with Gasteiger partial charge in [-0.1, -0.05) is 32.4 Å². The predicted octanol–water partition coefficient (Wildman–Crippen LogP) is 3.82. The van der Waals surface area contributed by atoms with Crippen molar-refractivity contribution in [2.45, 2.75) is 45.6 Å². The summed E-state index contributed by atoms with van der Waals surface area (Å²) in [4.78, 5) is 28.4. The Bertz CT molecular complexity index is 843. The molecule has 0 bridgehead atoms. The van der Waals surface area contributed by atoms with E-state index in [1.165, 1.54) is 6.20 Å². The third-order valence-corrected chi connectivity index (χ3v) is 5.12. The number of hydrogen-bond donors (Lipinski definition) is 1. The van der Waals surface area contributed by atoms with E-state index in [2.05, 4.69) is 41.0 Å². The van der Waals surface area contributed by atoms with Crippen LogP contribution in [0.4, 0.5) is 11.6 Å². The molecule has 29 heavy (non-hydrogen) atoms. The second-order valence-electron chi connectivity index (χ2n) is 8.34. The molecule has 2 aromatic rings. The summed E-state index contributed by atoms with van der Waals surface area (Å²) in [5, 5.41) is 3.42. The molecular weight excluding hydrogens is 390 g/mol. The van der Waals surface area contributed by atoms with Gasteiger partial charge in [0, 0.05) is 43.8 Å². The number of nitrogens with one attached hydrogen (secondary N) is 1. The largest absolute Gasteiger partial charge is 0.378 e. The second kappa shape index (κ2) is 9.05. The number of amides is 1. The zero-order valence-electron chi connectivity index (χ0n) is 17.4. The van der Waals surface area contributed by atoms with Crippen molar-refractivity contribution in [2.24, 2.45) is 5.92 Å². The van der Waals surface area contributed by atoms with Crippen molar-refractivity contribution >= 4 is 29.1 Å². The monoisotopic (exact) mass is 417 g/mol. The van der Waals surface area contributed by atoms with Crippen LogP contribution in [-0.4, -0.2) is 41.1 Å². The number of aromatic nitrogens is 3. The Kier molecular flexibility index (Phi) is 6.70. The quantitative estimate of drug-likeness (QED) is 0.796. The van der Waals surface area contributed by atoms with Gasteiger partial charge in [0.15, 0.2) is 0 Å². The van der Waals surface area contributed by atoms with E-state index < -0.39 is 0 Å². The molecule has 1 amide bonds. The Morgan fingerprint density at radius 1 is 1.28 bits per heavy atom. The third-order valence-electron chi connectivity index (χ3n) is 4.90. The number of nitrogens with zero attached hydrogens (tertiary/aromatic N) is 4. The zero-order chi connectivity index (χ0) is 21.0. The molecule has 1 N–H and O–H groups in total. The van der Waals surface area contributed by atoms with Gasteiger partial charge in [0.1, 0.15) is 17.5 Å². The summed E-state index contributed by atoms with van der Waals surface area (Å²) in [6.45, 7) is 8.28. The summed E-state index contributed by atoms with van der Waals surface area (Å²) in [7, 11) is 1.66. The van der Waals surface area contributed by atoms with Gasteiger partial charge in [-0.05, 0) is 25.0 Å².